The first-order valence-corrected chi connectivity index (χ1v) is 1.75. The van der Waals surface area contributed by atoms with E-state index in [4.69, 9.17) is 5.11 Å². The van der Waals surface area contributed by atoms with Crippen molar-refractivity contribution in [1.29, 1.82) is 0 Å². The molecule has 0 bridgehead atoms. The van der Waals surface area contributed by atoms with Crippen LogP contribution in [0.1, 0.15) is 15.3 Å². The molecule has 3 heteroatoms. The average molecular weight is 112 g/mol. The Kier molecular flexibility index (Phi) is 5.46. The van der Waals surface area contributed by atoms with E-state index in [2.05, 4.69) is 0 Å². The molecule has 7 heavy (non-hydrogen) atoms. The van der Waals surface area contributed by atoms with Crippen molar-refractivity contribution in [2.75, 3.05) is 0 Å². The Bertz CT molecular complexity index is 59.5. The van der Waals surface area contributed by atoms with Crippen molar-refractivity contribution < 1.29 is 40.9 Å². The van der Waals surface area contributed by atoms with E-state index in [1.54, 1.807) is 0 Å². The van der Waals surface area contributed by atoms with Crippen molar-refractivity contribution >= 4 is 6.29 Å². The van der Waals surface area contributed by atoms with Crippen molar-refractivity contribution in [3.8, 4) is 0 Å². The monoisotopic (exact) mass is 112 g/mol. The summed E-state index contributed by atoms with van der Waals surface area (Å²) >= 11 is 0. The summed E-state index contributed by atoms with van der Waals surface area (Å²) in [5.74, 6) is 0. The Labute approximate surface area is 66.7 Å². The Morgan fingerprint density at radius 2 is 1.86 bits per heavy atom. The predicted molar refractivity (Wildman–Crippen MR) is 23.5 cm³/mol. The molecule has 1 N–H and O–H groups in total. The van der Waals surface area contributed by atoms with Gasteiger partial charge in [-0.3, -0.25) is 0 Å². The smallest absolute Gasteiger partial charge is 1.00 e. The Morgan fingerprint density at radius 3 is 1.86 bits per heavy atom. The normalized spacial score (nSPS) is 9.57. The summed E-state index contributed by atoms with van der Waals surface area (Å²) in [6.07, 6.45) is 0.493. The second-order valence-corrected chi connectivity index (χ2v) is 1.77. The zero-order valence-electron chi connectivity index (χ0n) is 5.93. The summed E-state index contributed by atoms with van der Waals surface area (Å²) in [4.78, 5) is 9.58. The van der Waals surface area contributed by atoms with Gasteiger partial charge in [0.05, 0.1) is 0 Å². The molecule has 0 rings (SSSR count). The third-order valence-corrected chi connectivity index (χ3v) is 0.288. The molecule has 0 radical (unpaired) electrons. The summed E-state index contributed by atoms with van der Waals surface area (Å²) < 4.78 is 0. The topological polar surface area (TPSA) is 37.3 Å². The van der Waals surface area contributed by atoms with Crippen LogP contribution in [-0.2, 0) is 4.79 Å². The molecule has 0 aromatic carbocycles. The largest absolute Gasteiger partial charge is 1.00 e. The summed E-state index contributed by atoms with van der Waals surface area (Å²) in [5, 5.41) is 8.46. The van der Waals surface area contributed by atoms with E-state index in [0.717, 1.165) is 0 Å². The van der Waals surface area contributed by atoms with E-state index in [9.17, 15) is 4.79 Å². The quantitative estimate of drug-likeness (QED) is 0.291. The maximum Gasteiger partial charge on any atom is 1.00 e. The molecule has 38 valence electrons. The molecule has 0 aliphatic carbocycles. The van der Waals surface area contributed by atoms with Gasteiger partial charge >= 0.3 is 29.6 Å². The predicted octanol–water partition coefficient (Wildman–Crippen LogP) is -2.93. The summed E-state index contributed by atoms with van der Waals surface area (Å²) in [6.45, 7) is 2.86. The molecule has 0 aliphatic heterocycles. The molecule has 0 atom stereocenters. The SMILES string of the molecule is CC(C)(O)C=O.[H-].[Na+]. The Balaban J connectivity index is -0.000000125. The summed E-state index contributed by atoms with van der Waals surface area (Å²) in [6, 6.07) is 0. The minimum absolute atomic E-state index is 0. The van der Waals surface area contributed by atoms with Gasteiger partial charge in [0.2, 0.25) is 0 Å². The maximum atomic E-state index is 9.58. The van der Waals surface area contributed by atoms with Gasteiger partial charge in [-0.25, -0.2) is 0 Å². The van der Waals surface area contributed by atoms with Crippen LogP contribution in [0.2, 0.25) is 0 Å². The van der Waals surface area contributed by atoms with Crippen LogP contribution in [0, 0.1) is 0 Å². The molecule has 0 fully saturated rings. The first-order valence-electron chi connectivity index (χ1n) is 1.75. The van der Waals surface area contributed by atoms with Crippen LogP contribution >= 0.6 is 0 Å². The van der Waals surface area contributed by atoms with Crippen LogP contribution in [0.15, 0.2) is 0 Å². The number of hydrogen-bond donors (Lipinski definition) is 1. The van der Waals surface area contributed by atoms with Crippen molar-refractivity contribution in [3.05, 3.63) is 0 Å². The van der Waals surface area contributed by atoms with Gasteiger partial charge in [-0.1, -0.05) is 0 Å². The molecular formula is C4H9NaO2. The Hall–Kier alpha value is 0.630. The molecule has 0 aliphatic rings. The van der Waals surface area contributed by atoms with E-state index in [-0.39, 0.29) is 31.0 Å². The van der Waals surface area contributed by atoms with Gasteiger partial charge in [0.15, 0.2) is 6.29 Å². The fraction of sp³-hybridized carbons (Fsp3) is 0.750. The Morgan fingerprint density at radius 1 is 1.71 bits per heavy atom. The van der Waals surface area contributed by atoms with Gasteiger partial charge in [0.1, 0.15) is 5.60 Å². The zero-order valence-corrected chi connectivity index (χ0v) is 6.93. The second-order valence-electron chi connectivity index (χ2n) is 1.77. The van der Waals surface area contributed by atoms with Crippen molar-refractivity contribution in [2.24, 2.45) is 0 Å². The van der Waals surface area contributed by atoms with Gasteiger partial charge in [0.25, 0.3) is 0 Å². The molecule has 0 spiro atoms. The van der Waals surface area contributed by atoms with E-state index in [0.29, 0.717) is 6.29 Å². The number of rotatable bonds is 1. The van der Waals surface area contributed by atoms with Crippen LogP contribution in [0.3, 0.4) is 0 Å². The van der Waals surface area contributed by atoms with Gasteiger partial charge in [-0.15, -0.1) is 0 Å². The molecule has 0 unspecified atom stereocenters. The number of carbonyl (C=O) groups is 1. The average Bonchev–Trinajstić information content (AvgIpc) is 1.35. The third-order valence-electron chi connectivity index (χ3n) is 0.288. The van der Waals surface area contributed by atoms with Gasteiger partial charge in [0, 0.05) is 0 Å². The van der Waals surface area contributed by atoms with E-state index < -0.39 is 5.60 Å². The van der Waals surface area contributed by atoms with Gasteiger partial charge in [-0.2, -0.15) is 0 Å². The zero-order chi connectivity index (χ0) is 5.21. The van der Waals surface area contributed by atoms with Crippen LogP contribution in [0.25, 0.3) is 0 Å². The molecule has 0 heterocycles. The number of aldehydes is 1. The first kappa shape index (κ1) is 10.6. The van der Waals surface area contributed by atoms with Crippen LogP contribution in [0.4, 0.5) is 0 Å². The third kappa shape index (κ3) is 10.8. The van der Waals surface area contributed by atoms with Crippen LogP contribution < -0.4 is 29.6 Å². The minimum atomic E-state index is -1.14. The standard InChI is InChI=1S/C4H8O2.Na.H/c1-4(2,6)3-5;;/h3,6H,1-2H3;;/q;+1;-1. The van der Waals surface area contributed by atoms with E-state index >= 15 is 0 Å². The van der Waals surface area contributed by atoms with Gasteiger partial charge < -0.3 is 11.3 Å². The summed E-state index contributed by atoms with van der Waals surface area (Å²) in [7, 11) is 0. The number of hydrogen-bond acceptors (Lipinski definition) is 2. The fourth-order valence-corrected chi connectivity index (χ4v) is 0. The van der Waals surface area contributed by atoms with Gasteiger partial charge in [-0.05, 0) is 13.8 Å². The van der Waals surface area contributed by atoms with Crippen LogP contribution in [-0.4, -0.2) is 17.0 Å². The minimum Gasteiger partial charge on any atom is -1.00 e. The number of carbonyl (C=O) groups excluding carboxylic acids is 1. The number of aliphatic hydroxyl groups is 1. The molecule has 0 aromatic rings. The second kappa shape index (κ2) is 3.61. The first-order chi connectivity index (χ1) is 2.56. The van der Waals surface area contributed by atoms with Crippen molar-refractivity contribution in [3.63, 3.8) is 0 Å². The van der Waals surface area contributed by atoms with Crippen molar-refractivity contribution in [1.82, 2.24) is 0 Å². The molecule has 0 saturated heterocycles. The van der Waals surface area contributed by atoms with E-state index in [1.807, 2.05) is 0 Å². The van der Waals surface area contributed by atoms with Crippen molar-refractivity contribution in [2.45, 2.75) is 19.4 Å². The molecule has 2 nitrogen and oxygen atoms in total. The molecule has 0 saturated carbocycles. The molecular weight excluding hydrogens is 103 g/mol. The maximum absolute atomic E-state index is 9.58. The summed E-state index contributed by atoms with van der Waals surface area (Å²) in [5.41, 5.74) is -1.14. The molecule has 0 amide bonds. The van der Waals surface area contributed by atoms with E-state index in [1.165, 1.54) is 13.8 Å². The van der Waals surface area contributed by atoms with Crippen LogP contribution in [0.5, 0.6) is 0 Å². The molecule has 0 aromatic heterocycles. The fourth-order valence-electron chi connectivity index (χ4n) is 0.